The van der Waals surface area contributed by atoms with E-state index >= 15 is 0 Å². The molecule has 1 aromatic heterocycles. The molecule has 0 fully saturated rings. The molecule has 1 aromatic rings. The highest BCUT2D eigenvalue weighted by atomic mass is 32.2. The number of carbonyl (C=O) groups is 1. The van der Waals surface area contributed by atoms with Gasteiger partial charge in [-0.25, -0.2) is 22.9 Å². The van der Waals surface area contributed by atoms with E-state index in [2.05, 4.69) is 14.4 Å². The second-order valence-electron chi connectivity index (χ2n) is 2.43. The van der Waals surface area contributed by atoms with E-state index in [1.165, 1.54) is 12.4 Å². The Bertz CT molecular complexity index is 451. The van der Waals surface area contributed by atoms with Crippen LogP contribution >= 0.6 is 11.3 Å². The van der Waals surface area contributed by atoms with Crippen LogP contribution in [0.1, 0.15) is 17.4 Å². The van der Waals surface area contributed by atoms with Crippen molar-refractivity contribution >= 4 is 27.3 Å². The third-order valence-corrected chi connectivity index (χ3v) is 4.14. The molecule has 0 saturated carbocycles. The van der Waals surface area contributed by atoms with Crippen molar-refractivity contribution in [3.8, 4) is 0 Å². The van der Waals surface area contributed by atoms with Crippen molar-refractivity contribution in [1.82, 2.24) is 9.71 Å². The van der Waals surface area contributed by atoms with Gasteiger partial charge in [-0.1, -0.05) is 0 Å². The highest BCUT2D eigenvalue weighted by Crippen LogP contribution is 2.15. The molecule has 15 heavy (non-hydrogen) atoms. The van der Waals surface area contributed by atoms with Crippen molar-refractivity contribution in [3.05, 3.63) is 11.1 Å². The second kappa shape index (κ2) is 4.69. The summed E-state index contributed by atoms with van der Waals surface area (Å²) >= 11 is 0.873. The third-order valence-electron chi connectivity index (χ3n) is 1.47. The Labute approximate surface area is 91.3 Å². The quantitative estimate of drug-likeness (QED) is 0.773. The molecule has 0 saturated heterocycles. The van der Waals surface area contributed by atoms with Crippen LogP contribution in [0.15, 0.2) is 9.72 Å². The normalized spacial score (nSPS) is 11.3. The summed E-state index contributed by atoms with van der Waals surface area (Å²) in [6.45, 7) is 1.89. The zero-order valence-electron chi connectivity index (χ0n) is 8.18. The van der Waals surface area contributed by atoms with Gasteiger partial charge in [-0.15, -0.1) is 11.3 Å². The second-order valence-corrected chi connectivity index (χ2v) is 5.35. The van der Waals surface area contributed by atoms with Gasteiger partial charge in [0.2, 0.25) is 4.34 Å². The first-order valence-corrected chi connectivity index (χ1v) is 6.43. The Kier molecular flexibility index (Phi) is 3.77. The van der Waals surface area contributed by atoms with Crippen LogP contribution in [0.25, 0.3) is 0 Å². The average molecular weight is 250 g/mol. The molecular formula is C7H10N2O4S2. The number of ether oxygens (including phenoxy) is 1. The molecule has 8 heteroatoms. The minimum Gasteiger partial charge on any atom is -0.461 e. The minimum absolute atomic E-state index is 0.00988. The number of hydrogen-bond donors (Lipinski definition) is 1. The molecule has 0 atom stereocenters. The molecular weight excluding hydrogens is 240 g/mol. The number of carbonyl (C=O) groups excluding carboxylic acids is 1. The molecule has 0 spiro atoms. The van der Waals surface area contributed by atoms with E-state index in [0.29, 0.717) is 0 Å². The summed E-state index contributed by atoms with van der Waals surface area (Å²) in [4.78, 5) is 14.8. The molecule has 1 heterocycles. The summed E-state index contributed by atoms with van der Waals surface area (Å²) in [6, 6.07) is 0. The first-order chi connectivity index (χ1) is 7.01. The lowest BCUT2D eigenvalue weighted by Crippen LogP contribution is -2.18. The summed E-state index contributed by atoms with van der Waals surface area (Å²) < 4.78 is 29.2. The summed E-state index contributed by atoms with van der Waals surface area (Å²) in [6.07, 6.45) is 0. The van der Waals surface area contributed by atoms with Crippen molar-refractivity contribution in [1.29, 1.82) is 0 Å². The molecule has 0 aliphatic rings. The zero-order chi connectivity index (χ0) is 11.5. The van der Waals surface area contributed by atoms with Gasteiger partial charge in [0, 0.05) is 5.38 Å². The fourth-order valence-corrected chi connectivity index (χ4v) is 2.57. The van der Waals surface area contributed by atoms with Gasteiger partial charge in [-0.3, -0.25) is 0 Å². The summed E-state index contributed by atoms with van der Waals surface area (Å²) in [7, 11) is -2.30. The lowest BCUT2D eigenvalue weighted by atomic mass is 10.5. The van der Waals surface area contributed by atoms with Crippen molar-refractivity contribution < 1.29 is 17.9 Å². The lowest BCUT2D eigenvalue weighted by Gasteiger charge is -1.97. The molecule has 1 N–H and O–H groups in total. The highest BCUT2D eigenvalue weighted by Gasteiger charge is 2.19. The number of nitrogens with zero attached hydrogens (tertiary/aromatic N) is 1. The van der Waals surface area contributed by atoms with Crippen LogP contribution in [-0.4, -0.2) is 33.0 Å². The maximum absolute atomic E-state index is 11.3. The molecule has 0 aliphatic carbocycles. The van der Waals surface area contributed by atoms with Crippen molar-refractivity contribution in [2.45, 2.75) is 11.3 Å². The Morgan fingerprint density at radius 3 is 2.87 bits per heavy atom. The number of rotatable bonds is 4. The summed E-state index contributed by atoms with van der Waals surface area (Å²) in [5.74, 6) is -0.619. The van der Waals surface area contributed by atoms with E-state index in [9.17, 15) is 13.2 Å². The van der Waals surface area contributed by atoms with Gasteiger partial charge in [0.25, 0.3) is 10.0 Å². The molecule has 0 aliphatic heterocycles. The SMILES string of the molecule is CCOC(=O)c1csc(S(=O)(=O)NC)n1. The van der Waals surface area contributed by atoms with Crippen molar-refractivity contribution in [2.75, 3.05) is 13.7 Å². The Balaban J connectivity index is 2.95. The standard InChI is InChI=1S/C7H10N2O4S2/c1-3-13-6(10)5-4-14-7(9-5)15(11,12)8-2/h4,8H,3H2,1-2H3. The fourth-order valence-electron chi connectivity index (χ4n) is 0.767. The molecule has 1 rings (SSSR count). The highest BCUT2D eigenvalue weighted by molar-refractivity contribution is 7.91. The van der Waals surface area contributed by atoms with Crippen molar-refractivity contribution in [3.63, 3.8) is 0 Å². The van der Waals surface area contributed by atoms with Crippen LogP contribution in [0, 0.1) is 0 Å². The molecule has 0 unspecified atom stereocenters. The first-order valence-electron chi connectivity index (χ1n) is 4.07. The molecule has 84 valence electrons. The van der Waals surface area contributed by atoms with E-state index in [1.54, 1.807) is 6.92 Å². The van der Waals surface area contributed by atoms with Gasteiger partial charge in [0.15, 0.2) is 5.69 Å². The maximum atomic E-state index is 11.3. The van der Waals surface area contributed by atoms with E-state index in [1.807, 2.05) is 0 Å². The molecule has 0 radical (unpaired) electrons. The average Bonchev–Trinajstić information content (AvgIpc) is 2.67. The third kappa shape index (κ3) is 2.74. The van der Waals surface area contributed by atoms with Crippen LogP contribution in [0.4, 0.5) is 0 Å². The van der Waals surface area contributed by atoms with E-state index in [-0.39, 0.29) is 16.6 Å². The molecule has 0 bridgehead atoms. The minimum atomic E-state index is -3.58. The van der Waals surface area contributed by atoms with Gasteiger partial charge in [0.1, 0.15) is 0 Å². The lowest BCUT2D eigenvalue weighted by molar-refractivity contribution is 0.0520. The van der Waals surface area contributed by atoms with Gasteiger partial charge in [-0.2, -0.15) is 0 Å². The first kappa shape index (κ1) is 12.1. The summed E-state index contributed by atoms with van der Waals surface area (Å²) in [5, 5.41) is 1.35. The monoisotopic (exact) mass is 250 g/mol. The van der Waals surface area contributed by atoms with Crippen molar-refractivity contribution in [2.24, 2.45) is 0 Å². The Morgan fingerprint density at radius 1 is 1.67 bits per heavy atom. The van der Waals surface area contributed by atoms with Crippen LogP contribution < -0.4 is 4.72 Å². The van der Waals surface area contributed by atoms with Crippen LogP contribution in [-0.2, 0) is 14.8 Å². The zero-order valence-corrected chi connectivity index (χ0v) is 9.81. The molecule has 0 aromatic carbocycles. The topological polar surface area (TPSA) is 85.4 Å². The van der Waals surface area contributed by atoms with Crippen LogP contribution in [0.2, 0.25) is 0 Å². The van der Waals surface area contributed by atoms with Crippen LogP contribution in [0.3, 0.4) is 0 Å². The summed E-state index contributed by atoms with van der Waals surface area (Å²) in [5.41, 5.74) is 0.00988. The Morgan fingerprint density at radius 2 is 2.33 bits per heavy atom. The van der Waals surface area contributed by atoms with E-state index in [0.717, 1.165) is 11.3 Å². The predicted molar refractivity (Wildman–Crippen MR) is 54.3 cm³/mol. The smallest absolute Gasteiger partial charge is 0.357 e. The molecule has 6 nitrogen and oxygen atoms in total. The van der Waals surface area contributed by atoms with Gasteiger partial charge in [-0.05, 0) is 14.0 Å². The molecule has 0 amide bonds. The van der Waals surface area contributed by atoms with Crippen LogP contribution in [0.5, 0.6) is 0 Å². The number of hydrogen-bond acceptors (Lipinski definition) is 6. The predicted octanol–water partition coefficient (Wildman–Crippen LogP) is 0.228. The van der Waals surface area contributed by atoms with Gasteiger partial charge < -0.3 is 4.74 Å². The fraction of sp³-hybridized carbons (Fsp3) is 0.429. The largest absolute Gasteiger partial charge is 0.461 e. The maximum Gasteiger partial charge on any atom is 0.357 e. The number of aromatic nitrogens is 1. The number of sulfonamides is 1. The van der Waals surface area contributed by atoms with E-state index < -0.39 is 16.0 Å². The van der Waals surface area contributed by atoms with Gasteiger partial charge >= 0.3 is 5.97 Å². The number of esters is 1. The van der Waals surface area contributed by atoms with E-state index in [4.69, 9.17) is 0 Å². The van der Waals surface area contributed by atoms with Gasteiger partial charge in [0.05, 0.1) is 6.61 Å². The Hall–Kier alpha value is -0.990. The number of thiazole rings is 1. The number of nitrogens with one attached hydrogen (secondary N) is 1.